The highest BCUT2D eigenvalue weighted by atomic mass is 19.1. The van der Waals surface area contributed by atoms with Gasteiger partial charge in [0.05, 0.1) is 0 Å². The third-order valence-electron chi connectivity index (χ3n) is 4.50. The van der Waals surface area contributed by atoms with Crippen LogP contribution in [0.1, 0.15) is 49.9 Å². The quantitative estimate of drug-likeness (QED) is 0.848. The molecule has 3 nitrogen and oxygen atoms in total. The van der Waals surface area contributed by atoms with E-state index in [1.165, 1.54) is 0 Å². The summed E-state index contributed by atoms with van der Waals surface area (Å²) in [5.41, 5.74) is 4.99. The summed E-state index contributed by atoms with van der Waals surface area (Å²) < 4.78 is 26.9. The minimum Gasteiger partial charge on any atom is -0.394 e. The lowest BCUT2D eigenvalue weighted by molar-refractivity contribution is 0.0634. The van der Waals surface area contributed by atoms with Crippen molar-refractivity contribution in [2.45, 2.75) is 45.6 Å². The molecule has 0 spiro atoms. The Balaban J connectivity index is 2.13. The first kappa shape index (κ1) is 15.7. The molecule has 1 amide bonds. The van der Waals surface area contributed by atoms with Crippen LogP contribution in [0.5, 0.6) is 0 Å². The normalized spacial score (nSPS) is 18.5. The van der Waals surface area contributed by atoms with E-state index in [1.54, 1.807) is 11.9 Å². The molecule has 0 atom stereocenters. The van der Waals surface area contributed by atoms with Crippen LogP contribution in [0.25, 0.3) is 0 Å². The van der Waals surface area contributed by atoms with Crippen molar-refractivity contribution in [1.29, 1.82) is 0 Å². The SMILES string of the molecule is CN(C(=O)c1cc(F)c(N)c(F)c1)C1CCC(C)(C)CC1. The van der Waals surface area contributed by atoms with Gasteiger partial charge in [-0.3, -0.25) is 4.79 Å². The minimum atomic E-state index is -0.892. The molecule has 0 radical (unpaired) electrons. The summed E-state index contributed by atoms with van der Waals surface area (Å²) in [5.74, 6) is -2.15. The van der Waals surface area contributed by atoms with Gasteiger partial charge in [0.1, 0.15) is 17.3 Å². The van der Waals surface area contributed by atoms with Gasteiger partial charge in [-0.2, -0.15) is 0 Å². The highest BCUT2D eigenvalue weighted by molar-refractivity contribution is 5.94. The summed E-state index contributed by atoms with van der Waals surface area (Å²) >= 11 is 0. The van der Waals surface area contributed by atoms with Crippen LogP contribution in [-0.2, 0) is 0 Å². The Hall–Kier alpha value is -1.65. The standard InChI is InChI=1S/C16H22F2N2O/c1-16(2)6-4-11(5-7-16)20(3)15(21)10-8-12(17)14(19)13(18)9-10/h8-9,11H,4-7,19H2,1-3H3. The molecule has 0 aromatic heterocycles. The van der Waals surface area contributed by atoms with Crippen LogP contribution in [0.4, 0.5) is 14.5 Å². The van der Waals surface area contributed by atoms with Crippen molar-refractivity contribution in [1.82, 2.24) is 4.90 Å². The summed E-state index contributed by atoms with van der Waals surface area (Å²) in [6.45, 7) is 4.44. The number of anilines is 1. The van der Waals surface area contributed by atoms with Crippen LogP contribution in [0.3, 0.4) is 0 Å². The van der Waals surface area contributed by atoms with E-state index < -0.39 is 17.3 Å². The molecule has 1 aliphatic carbocycles. The van der Waals surface area contributed by atoms with Crippen molar-refractivity contribution >= 4 is 11.6 Å². The van der Waals surface area contributed by atoms with Gasteiger partial charge in [0.15, 0.2) is 0 Å². The first-order chi connectivity index (χ1) is 9.71. The second-order valence-corrected chi connectivity index (χ2v) is 6.67. The number of hydrogen-bond donors (Lipinski definition) is 1. The second kappa shape index (κ2) is 5.62. The molecule has 0 saturated heterocycles. The summed E-state index contributed by atoms with van der Waals surface area (Å²) in [5, 5.41) is 0. The number of nitrogens with two attached hydrogens (primary N) is 1. The molecule has 0 aliphatic heterocycles. The first-order valence-electron chi connectivity index (χ1n) is 7.23. The van der Waals surface area contributed by atoms with E-state index in [0.717, 1.165) is 37.8 Å². The predicted octanol–water partition coefficient (Wildman–Crippen LogP) is 3.59. The maximum Gasteiger partial charge on any atom is 0.254 e. The topological polar surface area (TPSA) is 46.3 Å². The lowest BCUT2D eigenvalue weighted by Crippen LogP contribution is -2.40. The van der Waals surface area contributed by atoms with Gasteiger partial charge in [-0.25, -0.2) is 8.78 Å². The van der Waals surface area contributed by atoms with Crippen molar-refractivity contribution in [3.05, 3.63) is 29.3 Å². The lowest BCUT2D eigenvalue weighted by atomic mass is 9.75. The summed E-state index contributed by atoms with van der Waals surface area (Å²) in [6.07, 6.45) is 3.91. The fourth-order valence-corrected chi connectivity index (χ4v) is 2.85. The number of nitrogens with zero attached hydrogens (tertiary/aromatic N) is 1. The van der Waals surface area contributed by atoms with Gasteiger partial charge in [-0.1, -0.05) is 13.8 Å². The molecular formula is C16H22F2N2O. The average Bonchev–Trinajstić information content (AvgIpc) is 2.42. The molecule has 1 aromatic rings. The highest BCUT2D eigenvalue weighted by Crippen LogP contribution is 2.37. The molecule has 0 heterocycles. The van der Waals surface area contributed by atoms with Crippen molar-refractivity contribution in [3.63, 3.8) is 0 Å². The van der Waals surface area contributed by atoms with Gasteiger partial charge in [-0.15, -0.1) is 0 Å². The Labute approximate surface area is 124 Å². The molecule has 2 rings (SSSR count). The van der Waals surface area contributed by atoms with Gasteiger partial charge >= 0.3 is 0 Å². The van der Waals surface area contributed by atoms with Crippen LogP contribution in [0.2, 0.25) is 0 Å². The van der Waals surface area contributed by atoms with Crippen molar-refractivity contribution < 1.29 is 13.6 Å². The third kappa shape index (κ3) is 3.34. The van der Waals surface area contributed by atoms with E-state index in [-0.39, 0.29) is 17.5 Å². The molecule has 0 unspecified atom stereocenters. The molecule has 1 fully saturated rings. The summed E-state index contributed by atoms with van der Waals surface area (Å²) in [7, 11) is 1.69. The Morgan fingerprint density at radius 1 is 1.24 bits per heavy atom. The van der Waals surface area contributed by atoms with Crippen LogP contribution in [0, 0.1) is 17.0 Å². The number of benzene rings is 1. The summed E-state index contributed by atoms with van der Waals surface area (Å²) in [4.78, 5) is 14.0. The largest absolute Gasteiger partial charge is 0.394 e. The van der Waals surface area contributed by atoms with Crippen molar-refractivity contribution in [2.24, 2.45) is 5.41 Å². The Kier molecular flexibility index (Phi) is 4.21. The number of halogens is 2. The first-order valence-corrected chi connectivity index (χ1v) is 7.23. The van der Waals surface area contributed by atoms with Gasteiger partial charge in [0, 0.05) is 18.7 Å². The molecule has 2 N–H and O–H groups in total. The molecule has 5 heteroatoms. The minimum absolute atomic E-state index is 0.00605. The number of hydrogen-bond acceptors (Lipinski definition) is 2. The predicted molar refractivity (Wildman–Crippen MR) is 78.9 cm³/mol. The van der Waals surface area contributed by atoms with Crippen LogP contribution >= 0.6 is 0 Å². The van der Waals surface area contributed by atoms with Crippen LogP contribution in [-0.4, -0.2) is 23.9 Å². The zero-order valence-corrected chi connectivity index (χ0v) is 12.7. The molecule has 1 saturated carbocycles. The molecule has 1 aliphatic rings. The molecular weight excluding hydrogens is 274 g/mol. The zero-order chi connectivity index (χ0) is 15.8. The number of carbonyl (C=O) groups excluding carboxylic acids is 1. The maximum atomic E-state index is 13.5. The third-order valence-corrected chi connectivity index (χ3v) is 4.50. The van der Waals surface area contributed by atoms with Gasteiger partial charge in [-0.05, 0) is 43.2 Å². The Morgan fingerprint density at radius 3 is 2.19 bits per heavy atom. The highest BCUT2D eigenvalue weighted by Gasteiger charge is 2.31. The number of carbonyl (C=O) groups is 1. The molecule has 0 bridgehead atoms. The van der Waals surface area contributed by atoms with Gasteiger partial charge in [0.2, 0.25) is 0 Å². The summed E-state index contributed by atoms with van der Waals surface area (Å²) in [6, 6.07) is 2.13. The fraction of sp³-hybridized carbons (Fsp3) is 0.562. The van der Waals surface area contributed by atoms with Gasteiger partial charge < -0.3 is 10.6 Å². The molecule has 1 aromatic carbocycles. The van der Waals surface area contributed by atoms with E-state index >= 15 is 0 Å². The fourth-order valence-electron chi connectivity index (χ4n) is 2.85. The lowest BCUT2D eigenvalue weighted by Gasteiger charge is -2.38. The molecule has 116 valence electrons. The van der Waals surface area contributed by atoms with E-state index in [4.69, 9.17) is 5.73 Å². The van der Waals surface area contributed by atoms with E-state index in [2.05, 4.69) is 13.8 Å². The average molecular weight is 296 g/mol. The van der Waals surface area contributed by atoms with E-state index in [1.807, 2.05) is 0 Å². The smallest absolute Gasteiger partial charge is 0.254 e. The van der Waals surface area contributed by atoms with Crippen molar-refractivity contribution in [2.75, 3.05) is 12.8 Å². The van der Waals surface area contributed by atoms with Crippen LogP contribution < -0.4 is 5.73 Å². The van der Waals surface area contributed by atoms with E-state index in [9.17, 15) is 13.6 Å². The monoisotopic (exact) mass is 296 g/mol. The second-order valence-electron chi connectivity index (χ2n) is 6.67. The maximum absolute atomic E-state index is 13.5. The number of amides is 1. The molecule has 21 heavy (non-hydrogen) atoms. The zero-order valence-electron chi connectivity index (χ0n) is 12.7. The number of nitrogen functional groups attached to an aromatic ring is 1. The number of rotatable bonds is 2. The Bertz CT molecular complexity index is 524. The Morgan fingerprint density at radius 2 is 1.71 bits per heavy atom. The van der Waals surface area contributed by atoms with E-state index in [0.29, 0.717) is 5.41 Å². The van der Waals surface area contributed by atoms with Gasteiger partial charge in [0.25, 0.3) is 5.91 Å². The van der Waals surface area contributed by atoms with Crippen molar-refractivity contribution in [3.8, 4) is 0 Å². The van der Waals surface area contributed by atoms with Crippen LogP contribution in [0.15, 0.2) is 12.1 Å².